The van der Waals surface area contributed by atoms with Crippen molar-refractivity contribution in [1.82, 2.24) is 0 Å². The molecular formula is C15H23NO3S. The number of rotatable bonds is 9. The van der Waals surface area contributed by atoms with E-state index < -0.39 is 0 Å². The van der Waals surface area contributed by atoms with E-state index >= 15 is 0 Å². The summed E-state index contributed by atoms with van der Waals surface area (Å²) in [4.78, 5) is 0.336. The quantitative estimate of drug-likeness (QED) is 0.561. The first-order valence-electron chi connectivity index (χ1n) is 6.61. The van der Waals surface area contributed by atoms with Gasteiger partial charge in [-0.15, -0.1) is 0 Å². The Balaban J connectivity index is 2.27. The van der Waals surface area contributed by atoms with Gasteiger partial charge in [-0.2, -0.15) is 0 Å². The van der Waals surface area contributed by atoms with Crippen LogP contribution in [0.3, 0.4) is 0 Å². The Kier molecular flexibility index (Phi) is 6.91. The standard InChI is InChI=1S/C15H23NO3S/c1-15(2,17-3)8-9-18-10-11-19-13-7-5-4-6-12(13)14(16)20/h4-7H,8-11H2,1-3H3,(H2,16,20). The second kappa shape index (κ2) is 8.19. The fourth-order valence-electron chi connectivity index (χ4n) is 1.53. The minimum absolute atomic E-state index is 0.154. The third kappa shape index (κ3) is 5.86. The van der Waals surface area contributed by atoms with Crippen molar-refractivity contribution in [2.75, 3.05) is 26.9 Å². The van der Waals surface area contributed by atoms with Gasteiger partial charge < -0.3 is 19.9 Å². The van der Waals surface area contributed by atoms with Crippen molar-refractivity contribution >= 4 is 17.2 Å². The first-order chi connectivity index (χ1) is 9.46. The van der Waals surface area contributed by atoms with Crippen LogP contribution in [0.2, 0.25) is 0 Å². The number of thiocarbonyl (C=S) groups is 1. The van der Waals surface area contributed by atoms with E-state index in [9.17, 15) is 0 Å². The Morgan fingerprint density at radius 2 is 1.90 bits per heavy atom. The molecule has 0 saturated carbocycles. The molecule has 0 heterocycles. The van der Waals surface area contributed by atoms with E-state index in [0.717, 1.165) is 12.0 Å². The summed E-state index contributed by atoms with van der Waals surface area (Å²) in [6.07, 6.45) is 0.840. The average molecular weight is 297 g/mol. The number of nitrogens with two attached hydrogens (primary N) is 1. The first kappa shape index (κ1) is 16.9. The fraction of sp³-hybridized carbons (Fsp3) is 0.533. The van der Waals surface area contributed by atoms with Gasteiger partial charge in [-0.1, -0.05) is 24.4 Å². The molecule has 4 nitrogen and oxygen atoms in total. The third-order valence-corrected chi connectivity index (χ3v) is 3.26. The van der Waals surface area contributed by atoms with Crippen molar-refractivity contribution in [3.63, 3.8) is 0 Å². The number of para-hydroxylation sites is 1. The van der Waals surface area contributed by atoms with Crippen molar-refractivity contribution in [3.8, 4) is 5.75 Å². The molecule has 0 aliphatic rings. The zero-order valence-electron chi connectivity index (χ0n) is 12.3. The number of ether oxygens (including phenoxy) is 3. The van der Waals surface area contributed by atoms with Gasteiger partial charge in [0.25, 0.3) is 0 Å². The highest BCUT2D eigenvalue weighted by Gasteiger charge is 2.15. The lowest BCUT2D eigenvalue weighted by Crippen LogP contribution is -2.25. The van der Waals surface area contributed by atoms with Crippen LogP contribution in [0.1, 0.15) is 25.8 Å². The SMILES string of the molecule is COC(C)(C)CCOCCOc1ccccc1C(N)=S. The third-order valence-electron chi connectivity index (χ3n) is 3.04. The van der Waals surface area contributed by atoms with Crippen LogP contribution in [0.15, 0.2) is 24.3 Å². The molecule has 0 radical (unpaired) electrons. The molecule has 0 bridgehead atoms. The van der Waals surface area contributed by atoms with Crippen LogP contribution < -0.4 is 10.5 Å². The second-order valence-electron chi connectivity index (χ2n) is 5.04. The zero-order valence-corrected chi connectivity index (χ0v) is 13.2. The maximum absolute atomic E-state index is 5.64. The van der Waals surface area contributed by atoms with Crippen molar-refractivity contribution < 1.29 is 14.2 Å². The molecule has 1 aromatic carbocycles. The monoisotopic (exact) mass is 297 g/mol. The molecule has 0 saturated heterocycles. The molecule has 1 rings (SSSR count). The molecule has 0 aliphatic heterocycles. The predicted octanol–water partition coefficient (Wildman–Crippen LogP) is 2.53. The lowest BCUT2D eigenvalue weighted by atomic mass is 10.1. The van der Waals surface area contributed by atoms with E-state index in [2.05, 4.69) is 0 Å². The predicted molar refractivity (Wildman–Crippen MR) is 84.3 cm³/mol. The highest BCUT2D eigenvalue weighted by molar-refractivity contribution is 7.80. The van der Waals surface area contributed by atoms with Crippen molar-refractivity contribution in [2.24, 2.45) is 5.73 Å². The van der Waals surface area contributed by atoms with Crippen LogP contribution in [0, 0.1) is 0 Å². The van der Waals surface area contributed by atoms with Gasteiger partial charge >= 0.3 is 0 Å². The van der Waals surface area contributed by atoms with Crippen LogP contribution in [-0.2, 0) is 9.47 Å². The second-order valence-corrected chi connectivity index (χ2v) is 5.47. The smallest absolute Gasteiger partial charge is 0.129 e. The maximum Gasteiger partial charge on any atom is 0.129 e. The molecule has 0 aliphatic carbocycles. The molecule has 2 N–H and O–H groups in total. The minimum atomic E-state index is -0.154. The van der Waals surface area contributed by atoms with Gasteiger partial charge in [-0.25, -0.2) is 0 Å². The van der Waals surface area contributed by atoms with Crippen molar-refractivity contribution in [3.05, 3.63) is 29.8 Å². The van der Waals surface area contributed by atoms with Gasteiger partial charge in [-0.3, -0.25) is 0 Å². The highest BCUT2D eigenvalue weighted by Crippen LogP contribution is 2.17. The molecule has 0 aromatic heterocycles. The van der Waals surface area contributed by atoms with E-state index in [1.807, 2.05) is 38.1 Å². The van der Waals surface area contributed by atoms with Gasteiger partial charge in [0.05, 0.1) is 17.8 Å². The summed E-state index contributed by atoms with van der Waals surface area (Å²) in [6, 6.07) is 7.46. The molecule has 0 atom stereocenters. The van der Waals surface area contributed by atoms with Crippen molar-refractivity contribution in [1.29, 1.82) is 0 Å². The average Bonchev–Trinajstić information content (AvgIpc) is 2.43. The fourth-order valence-corrected chi connectivity index (χ4v) is 1.70. The molecule has 0 fully saturated rings. The summed E-state index contributed by atoms with van der Waals surface area (Å²) in [6.45, 7) is 5.69. The molecule has 20 heavy (non-hydrogen) atoms. The van der Waals surface area contributed by atoms with Gasteiger partial charge in [-0.05, 0) is 32.4 Å². The van der Waals surface area contributed by atoms with Gasteiger partial charge in [0.15, 0.2) is 0 Å². The van der Waals surface area contributed by atoms with Crippen LogP contribution >= 0.6 is 12.2 Å². The topological polar surface area (TPSA) is 53.7 Å². The van der Waals surface area contributed by atoms with Gasteiger partial charge in [0, 0.05) is 13.7 Å². The first-order valence-corrected chi connectivity index (χ1v) is 7.01. The lowest BCUT2D eigenvalue weighted by molar-refractivity contribution is -0.0128. The number of methoxy groups -OCH3 is 1. The summed E-state index contributed by atoms with van der Waals surface area (Å²) in [5.74, 6) is 0.695. The molecular weight excluding hydrogens is 274 g/mol. The normalized spacial score (nSPS) is 11.3. The Hall–Kier alpha value is -1.17. The number of hydrogen-bond donors (Lipinski definition) is 1. The molecule has 0 amide bonds. The Labute approximate surface area is 126 Å². The molecule has 112 valence electrons. The summed E-state index contributed by atoms with van der Waals surface area (Å²) in [7, 11) is 1.70. The van der Waals surface area contributed by atoms with E-state index in [1.165, 1.54) is 0 Å². The van der Waals surface area contributed by atoms with E-state index in [-0.39, 0.29) is 5.60 Å². The Morgan fingerprint density at radius 3 is 2.55 bits per heavy atom. The van der Waals surface area contributed by atoms with Crippen LogP contribution in [-0.4, -0.2) is 37.5 Å². The number of hydrogen-bond acceptors (Lipinski definition) is 4. The lowest BCUT2D eigenvalue weighted by Gasteiger charge is -2.22. The highest BCUT2D eigenvalue weighted by atomic mass is 32.1. The Morgan fingerprint density at radius 1 is 1.20 bits per heavy atom. The Bertz CT molecular complexity index is 435. The summed E-state index contributed by atoms with van der Waals surface area (Å²) < 4.78 is 16.5. The van der Waals surface area contributed by atoms with Crippen LogP contribution in [0.4, 0.5) is 0 Å². The van der Waals surface area contributed by atoms with Crippen LogP contribution in [0.25, 0.3) is 0 Å². The summed E-state index contributed by atoms with van der Waals surface area (Å²) in [5, 5.41) is 0. The molecule has 0 unspecified atom stereocenters. The van der Waals surface area contributed by atoms with Gasteiger partial charge in [0.2, 0.25) is 0 Å². The largest absolute Gasteiger partial charge is 0.490 e. The maximum atomic E-state index is 5.64. The summed E-state index contributed by atoms with van der Waals surface area (Å²) in [5.41, 5.74) is 6.24. The van der Waals surface area contributed by atoms with E-state index in [4.69, 9.17) is 32.2 Å². The zero-order chi connectivity index (χ0) is 15.0. The number of benzene rings is 1. The van der Waals surface area contributed by atoms with Gasteiger partial charge in [0.1, 0.15) is 17.3 Å². The van der Waals surface area contributed by atoms with E-state index in [1.54, 1.807) is 7.11 Å². The molecule has 5 heteroatoms. The minimum Gasteiger partial charge on any atom is -0.490 e. The van der Waals surface area contributed by atoms with Crippen molar-refractivity contribution in [2.45, 2.75) is 25.9 Å². The van der Waals surface area contributed by atoms with Crippen LogP contribution in [0.5, 0.6) is 5.75 Å². The van der Waals surface area contributed by atoms with E-state index in [0.29, 0.717) is 30.6 Å². The molecule has 1 aromatic rings. The summed E-state index contributed by atoms with van der Waals surface area (Å²) >= 11 is 4.98. The molecule has 0 spiro atoms.